The second kappa shape index (κ2) is 6.25. The number of nitrogens with zero attached hydrogens (tertiary/aromatic N) is 7. The largest absolute Gasteiger partial charge is 0.321 e. The van der Waals surface area contributed by atoms with Crippen LogP contribution in [0.15, 0.2) is 49.1 Å². The van der Waals surface area contributed by atoms with Crippen LogP contribution in [0.2, 0.25) is 0 Å². The lowest BCUT2D eigenvalue weighted by atomic mass is 10.1. The van der Waals surface area contributed by atoms with E-state index in [2.05, 4.69) is 62.8 Å². The SMILES string of the molecule is Cc1cc(C)n(-c2cccc(-c3nccn3[C@H](C)c3ncnn3C)c2)n1. The van der Waals surface area contributed by atoms with Crippen molar-refractivity contribution in [1.29, 1.82) is 0 Å². The van der Waals surface area contributed by atoms with Crippen molar-refractivity contribution in [1.82, 2.24) is 34.1 Å². The molecular weight excluding hydrogens is 326 g/mol. The number of hydrogen-bond acceptors (Lipinski definition) is 4. The van der Waals surface area contributed by atoms with Crippen LogP contribution in [-0.4, -0.2) is 34.1 Å². The summed E-state index contributed by atoms with van der Waals surface area (Å²) >= 11 is 0. The molecule has 4 rings (SSSR count). The second-order valence-corrected chi connectivity index (χ2v) is 6.47. The van der Waals surface area contributed by atoms with Gasteiger partial charge in [-0.15, -0.1) is 0 Å². The summed E-state index contributed by atoms with van der Waals surface area (Å²) in [5.41, 5.74) is 4.17. The van der Waals surface area contributed by atoms with E-state index >= 15 is 0 Å². The average Bonchev–Trinajstić information content (AvgIpc) is 3.34. The normalized spacial score (nSPS) is 12.5. The van der Waals surface area contributed by atoms with Crippen LogP contribution in [0.4, 0.5) is 0 Å². The number of imidazole rings is 1. The Hall–Kier alpha value is -3.22. The first-order valence-corrected chi connectivity index (χ1v) is 8.55. The van der Waals surface area contributed by atoms with Gasteiger partial charge in [-0.25, -0.2) is 14.6 Å². The van der Waals surface area contributed by atoms with Gasteiger partial charge in [-0.2, -0.15) is 10.2 Å². The molecule has 0 aliphatic rings. The van der Waals surface area contributed by atoms with Crippen molar-refractivity contribution in [3.63, 3.8) is 0 Å². The molecule has 3 heterocycles. The lowest BCUT2D eigenvalue weighted by Gasteiger charge is -2.16. The molecule has 0 fully saturated rings. The van der Waals surface area contributed by atoms with Crippen molar-refractivity contribution in [2.24, 2.45) is 7.05 Å². The highest BCUT2D eigenvalue weighted by atomic mass is 15.3. The van der Waals surface area contributed by atoms with Gasteiger partial charge in [-0.05, 0) is 39.0 Å². The van der Waals surface area contributed by atoms with Crippen molar-refractivity contribution < 1.29 is 0 Å². The van der Waals surface area contributed by atoms with Gasteiger partial charge in [0.2, 0.25) is 0 Å². The van der Waals surface area contributed by atoms with Gasteiger partial charge in [0.1, 0.15) is 18.0 Å². The zero-order valence-corrected chi connectivity index (χ0v) is 15.3. The van der Waals surface area contributed by atoms with Gasteiger partial charge < -0.3 is 4.57 Å². The quantitative estimate of drug-likeness (QED) is 0.569. The fourth-order valence-corrected chi connectivity index (χ4v) is 3.32. The van der Waals surface area contributed by atoms with Crippen LogP contribution in [0.25, 0.3) is 17.1 Å². The van der Waals surface area contributed by atoms with Crippen molar-refractivity contribution in [2.45, 2.75) is 26.8 Å². The summed E-state index contributed by atoms with van der Waals surface area (Å²) in [4.78, 5) is 8.96. The molecule has 0 aliphatic heterocycles. The Morgan fingerprint density at radius 1 is 1.08 bits per heavy atom. The zero-order valence-electron chi connectivity index (χ0n) is 15.3. The molecule has 7 heteroatoms. The lowest BCUT2D eigenvalue weighted by Crippen LogP contribution is -2.13. The van der Waals surface area contributed by atoms with E-state index in [0.29, 0.717) is 0 Å². The number of aromatic nitrogens is 7. The topological polar surface area (TPSA) is 66.3 Å². The molecule has 0 radical (unpaired) electrons. The number of benzene rings is 1. The molecule has 0 aliphatic carbocycles. The predicted octanol–water partition coefficient (Wildman–Crippen LogP) is 3.09. The molecule has 7 nitrogen and oxygen atoms in total. The van der Waals surface area contributed by atoms with Crippen LogP contribution >= 0.6 is 0 Å². The fraction of sp³-hybridized carbons (Fsp3) is 0.263. The summed E-state index contributed by atoms with van der Waals surface area (Å²) in [5.74, 6) is 1.78. The Labute approximate surface area is 152 Å². The Morgan fingerprint density at radius 3 is 2.62 bits per heavy atom. The summed E-state index contributed by atoms with van der Waals surface area (Å²) in [6.45, 7) is 6.16. The van der Waals surface area contributed by atoms with Crippen molar-refractivity contribution >= 4 is 0 Å². The zero-order chi connectivity index (χ0) is 18.3. The first-order valence-electron chi connectivity index (χ1n) is 8.55. The van der Waals surface area contributed by atoms with E-state index in [9.17, 15) is 0 Å². The van der Waals surface area contributed by atoms with E-state index in [1.807, 2.05) is 37.1 Å². The summed E-state index contributed by atoms with van der Waals surface area (Å²) in [5, 5.41) is 8.76. The van der Waals surface area contributed by atoms with Crippen molar-refractivity contribution in [3.8, 4) is 17.1 Å². The molecule has 3 aromatic heterocycles. The Balaban J connectivity index is 1.76. The Morgan fingerprint density at radius 2 is 1.92 bits per heavy atom. The lowest BCUT2D eigenvalue weighted by molar-refractivity contribution is 0.560. The van der Waals surface area contributed by atoms with Crippen LogP contribution in [-0.2, 0) is 7.05 Å². The van der Waals surface area contributed by atoms with Crippen LogP contribution in [0.3, 0.4) is 0 Å². The summed E-state index contributed by atoms with van der Waals surface area (Å²) < 4.78 is 5.86. The van der Waals surface area contributed by atoms with Gasteiger partial charge in [0, 0.05) is 30.7 Å². The minimum absolute atomic E-state index is 0.0253. The monoisotopic (exact) mass is 347 g/mol. The third kappa shape index (κ3) is 2.71. The molecule has 0 bridgehead atoms. The maximum absolute atomic E-state index is 4.59. The highest BCUT2D eigenvalue weighted by Crippen LogP contribution is 2.26. The second-order valence-electron chi connectivity index (χ2n) is 6.47. The van der Waals surface area contributed by atoms with Crippen LogP contribution in [0, 0.1) is 13.8 Å². The fourth-order valence-electron chi connectivity index (χ4n) is 3.32. The molecule has 1 aromatic carbocycles. The number of rotatable bonds is 4. The number of hydrogen-bond donors (Lipinski definition) is 0. The van der Waals surface area contributed by atoms with Gasteiger partial charge in [0.15, 0.2) is 0 Å². The van der Waals surface area contributed by atoms with E-state index in [4.69, 9.17) is 0 Å². The molecule has 1 atom stereocenters. The Bertz CT molecular complexity index is 1050. The molecule has 4 aromatic rings. The van der Waals surface area contributed by atoms with Gasteiger partial charge >= 0.3 is 0 Å². The third-order valence-electron chi connectivity index (χ3n) is 4.56. The first kappa shape index (κ1) is 16.3. The molecule has 0 amide bonds. The van der Waals surface area contributed by atoms with Gasteiger partial charge in [-0.3, -0.25) is 4.68 Å². The van der Waals surface area contributed by atoms with Gasteiger partial charge in [0.05, 0.1) is 17.4 Å². The minimum atomic E-state index is 0.0253. The van der Waals surface area contributed by atoms with Crippen LogP contribution in [0.5, 0.6) is 0 Å². The average molecular weight is 347 g/mol. The Kier molecular flexibility index (Phi) is 3.91. The van der Waals surface area contributed by atoms with Crippen LogP contribution in [0.1, 0.15) is 30.2 Å². The van der Waals surface area contributed by atoms with Crippen LogP contribution < -0.4 is 0 Å². The molecule has 0 unspecified atom stereocenters. The maximum Gasteiger partial charge on any atom is 0.149 e. The van der Waals surface area contributed by atoms with Gasteiger partial charge in [0.25, 0.3) is 0 Å². The smallest absolute Gasteiger partial charge is 0.149 e. The van der Waals surface area contributed by atoms with Gasteiger partial charge in [-0.1, -0.05) is 12.1 Å². The number of aryl methyl sites for hydroxylation is 3. The highest BCUT2D eigenvalue weighted by molar-refractivity contribution is 5.60. The van der Waals surface area contributed by atoms with E-state index in [1.54, 1.807) is 11.0 Å². The standard InChI is InChI=1S/C19H21N7/c1-13-10-14(2)26(23-13)17-7-5-6-16(11-17)19-20-8-9-25(19)15(3)18-21-12-22-24(18)4/h5-12,15H,1-4H3/t15-/m1/s1. The minimum Gasteiger partial charge on any atom is -0.321 e. The predicted molar refractivity (Wildman–Crippen MR) is 99.1 cm³/mol. The first-order chi connectivity index (χ1) is 12.5. The summed E-state index contributed by atoms with van der Waals surface area (Å²) in [6, 6.07) is 10.4. The molecule has 0 saturated carbocycles. The highest BCUT2D eigenvalue weighted by Gasteiger charge is 2.18. The van der Waals surface area contributed by atoms with Crippen molar-refractivity contribution in [2.75, 3.05) is 0 Å². The van der Waals surface area contributed by atoms with E-state index in [0.717, 1.165) is 34.3 Å². The van der Waals surface area contributed by atoms with E-state index < -0.39 is 0 Å². The maximum atomic E-state index is 4.59. The third-order valence-corrected chi connectivity index (χ3v) is 4.56. The van der Waals surface area contributed by atoms with Crippen molar-refractivity contribution in [3.05, 3.63) is 66.3 Å². The molecular formula is C19H21N7. The van der Waals surface area contributed by atoms with E-state index in [-0.39, 0.29) is 6.04 Å². The molecule has 0 N–H and O–H groups in total. The molecule has 26 heavy (non-hydrogen) atoms. The molecule has 0 spiro atoms. The molecule has 0 saturated heterocycles. The summed E-state index contributed by atoms with van der Waals surface area (Å²) in [6.07, 6.45) is 5.37. The summed E-state index contributed by atoms with van der Waals surface area (Å²) in [7, 11) is 1.90. The molecule has 132 valence electrons. The van der Waals surface area contributed by atoms with E-state index in [1.165, 1.54) is 0 Å².